The maximum atomic E-state index is 2.49. The van der Waals surface area contributed by atoms with Gasteiger partial charge < -0.3 is 9.47 Å². The van der Waals surface area contributed by atoms with Crippen LogP contribution in [-0.2, 0) is 0 Å². The molecule has 0 bridgehead atoms. The molecule has 12 aromatic carbocycles. The molecule has 13 aromatic rings. The van der Waals surface area contributed by atoms with Crippen LogP contribution in [0, 0.1) is 0 Å². The number of anilines is 3. The molecule has 1 heterocycles. The zero-order chi connectivity index (χ0) is 43.6. The van der Waals surface area contributed by atoms with E-state index in [1.54, 1.807) is 0 Å². The van der Waals surface area contributed by atoms with Crippen molar-refractivity contribution in [2.45, 2.75) is 0 Å². The average molecular weight is 839 g/mol. The molecular formula is C64H42N2. The Morgan fingerprint density at radius 2 is 0.742 bits per heavy atom. The van der Waals surface area contributed by atoms with Crippen LogP contribution in [0.5, 0.6) is 0 Å². The van der Waals surface area contributed by atoms with Gasteiger partial charge in [0.25, 0.3) is 0 Å². The number of hydrogen-bond donors (Lipinski definition) is 0. The van der Waals surface area contributed by atoms with Crippen LogP contribution < -0.4 is 4.90 Å². The maximum absolute atomic E-state index is 2.49. The van der Waals surface area contributed by atoms with Crippen molar-refractivity contribution in [1.82, 2.24) is 4.57 Å². The van der Waals surface area contributed by atoms with Gasteiger partial charge >= 0.3 is 0 Å². The highest BCUT2D eigenvalue weighted by atomic mass is 15.1. The molecule has 0 amide bonds. The molecule has 0 aliphatic heterocycles. The molecule has 0 aliphatic carbocycles. The third-order valence-corrected chi connectivity index (χ3v) is 13.6. The SMILES string of the molecule is c1ccc(-c2ccc(-c3cccc(N(c4ccccc4-c4ccc(-c5ccccc5)cc4)c4ccc5ccc6c(-n7c8ccccc8c8ccccc87)ccc7ccc4c5c76)c3)cc2)cc1. The Bertz CT molecular complexity index is 3850. The molecule has 0 unspecified atom stereocenters. The molecule has 0 N–H and O–H groups in total. The van der Waals surface area contributed by atoms with Crippen LogP contribution in [0.1, 0.15) is 0 Å². The summed E-state index contributed by atoms with van der Waals surface area (Å²) in [5.41, 5.74) is 16.4. The minimum Gasteiger partial charge on any atom is -0.309 e. The van der Waals surface area contributed by atoms with Gasteiger partial charge in [0.15, 0.2) is 0 Å². The lowest BCUT2D eigenvalue weighted by Crippen LogP contribution is -2.12. The summed E-state index contributed by atoms with van der Waals surface area (Å²) in [5.74, 6) is 0. The van der Waals surface area contributed by atoms with E-state index in [9.17, 15) is 0 Å². The van der Waals surface area contributed by atoms with Gasteiger partial charge in [0.2, 0.25) is 0 Å². The topological polar surface area (TPSA) is 8.17 Å². The van der Waals surface area contributed by atoms with Crippen molar-refractivity contribution in [2.24, 2.45) is 0 Å². The number of aromatic nitrogens is 1. The molecule has 2 heteroatoms. The Hall–Kier alpha value is -8.72. The van der Waals surface area contributed by atoms with Gasteiger partial charge in [0.05, 0.1) is 28.1 Å². The van der Waals surface area contributed by atoms with E-state index in [4.69, 9.17) is 0 Å². The van der Waals surface area contributed by atoms with Crippen LogP contribution in [0.25, 0.3) is 104 Å². The van der Waals surface area contributed by atoms with Crippen LogP contribution in [0.3, 0.4) is 0 Å². The van der Waals surface area contributed by atoms with Crippen LogP contribution in [-0.4, -0.2) is 4.57 Å². The minimum absolute atomic E-state index is 1.09. The molecular weight excluding hydrogens is 797 g/mol. The van der Waals surface area contributed by atoms with E-state index in [-0.39, 0.29) is 0 Å². The highest BCUT2D eigenvalue weighted by Crippen LogP contribution is 2.48. The highest BCUT2D eigenvalue weighted by molar-refractivity contribution is 6.27. The third kappa shape index (κ3) is 6.18. The predicted octanol–water partition coefficient (Wildman–Crippen LogP) is 17.8. The lowest BCUT2D eigenvalue weighted by atomic mass is 9.91. The fraction of sp³-hybridized carbons (Fsp3) is 0. The summed E-state index contributed by atoms with van der Waals surface area (Å²) >= 11 is 0. The van der Waals surface area contributed by atoms with Crippen molar-refractivity contribution < 1.29 is 0 Å². The summed E-state index contributed by atoms with van der Waals surface area (Å²) < 4.78 is 2.46. The summed E-state index contributed by atoms with van der Waals surface area (Å²) in [6.07, 6.45) is 0. The van der Waals surface area contributed by atoms with Gasteiger partial charge in [-0.25, -0.2) is 0 Å². The van der Waals surface area contributed by atoms with E-state index in [2.05, 4.69) is 264 Å². The van der Waals surface area contributed by atoms with Crippen LogP contribution in [0.2, 0.25) is 0 Å². The minimum atomic E-state index is 1.09. The first-order valence-corrected chi connectivity index (χ1v) is 22.8. The van der Waals surface area contributed by atoms with Crippen LogP contribution in [0.15, 0.2) is 255 Å². The first kappa shape index (κ1) is 37.8. The molecule has 66 heavy (non-hydrogen) atoms. The van der Waals surface area contributed by atoms with E-state index in [0.29, 0.717) is 0 Å². The molecule has 0 aliphatic rings. The fourth-order valence-corrected chi connectivity index (χ4v) is 10.4. The second-order valence-electron chi connectivity index (χ2n) is 17.3. The van der Waals surface area contributed by atoms with Crippen LogP contribution in [0.4, 0.5) is 17.1 Å². The van der Waals surface area contributed by atoms with Crippen molar-refractivity contribution in [3.63, 3.8) is 0 Å². The van der Waals surface area contributed by atoms with E-state index >= 15 is 0 Å². The number of hydrogen-bond acceptors (Lipinski definition) is 1. The third-order valence-electron chi connectivity index (χ3n) is 13.6. The maximum Gasteiger partial charge on any atom is 0.0541 e. The molecule has 2 nitrogen and oxygen atoms in total. The molecule has 0 saturated carbocycles. The number of para-hydroxylation sites is 3. The van der Waals surface area contributed by atoms with E-state index in [1.165, 1.54) is 87.6 Å². The Labute approximate surface area is 383 Å². The average Bonchev–Trinajstić information content (AvgIpc) is 3.73. The summed E-state index contributed by atoms with van der Waals surface area (Å²) in [6, 6.07) is 93.3. The lowest BCUT2D eigenvalue weighted by Gasteiger charge is -2.30. The first-order chi connectivity index (χ1) is 32.7. The fourth-order valence-electron chi connectivity index (χ4n) is 10.4. The van der Waals surface area contributed by atoms with Gasteiger partial charge in [-0.1, -0.05) is 212 Å². The largest absolute Gasteiger partial charge is 0.309 e. The number of rotatable bonds is 8. The van der Waals surface area contributed by atoms with Gasteiger partial charge in [-0.05, 0) is 103 Å². The number of fused-ring (bicyclic) bond motifs is 3. The summed E-state index contributed by atoms with van der Waals surface area (Å²) in [5, 5.41) is 9.98. The van der Waals surface area contributed by atoms with Crippen molar-refractivity contribution in [1.29, 1.82) is 0 Å². The van der Waals surface area contributed by atoms with Crippen LogP contribution >= 0.6 is 0 Å². The number of benzene rings is 12. The van der Waals surface area contributed by atoms with Gasteiger partial charge in [-0.3, -0.25) is 0 Å². The van der Waals surface area contributed by atoms with E-state index < -0.39 is 0 Å². The molecule has 0 spiro atoms. The highest BCUT2D eigenvalue weighted by Gasteiger charge is 2.23. The Kier molecular flexibility index (Phi) is 8.89. The Morgan fingerprint density at radius 3 is 1.39 bits per heavy atom. The molecule has 1 aromatic heterocycles. The molecule has 0 fully saturated rings. The second-order valence-corrected chi connectivity index (χ2v) is 17.3. The molecule has 0 radical (unpaired) electrons. The summed E-state index contributed by atoms with van der Waals surface area (Å²) in [7, 11) is 0. The van der Waals surface area contributed by atoms with E-state index in [1.807, 2.05) is 0 Å². The van der Waals surface area contributed by atoms with Crippen molar-refractivity contribution >= 4 is 71.2 Å². The zero-order valence-corrected chi connectivity index (χ0v) is 36.1. The lowest BCUT2D eigenvalue weighted by molar-refractivity contribution is 1.20. The Balaban J connectivity index is 1.02. The zero-order valence-electron chi connectivity index (χ0n) is 36.1. The summed E-state index contributed by atoms with van der Waals surface area (Å²) in [6.45, 7) is 0. The van der Waals surface area contributed by atoms with Crippen molar-refractivity contribution in [2.75, 3.05) is 4.90 Å². The van der Waals surface area contributed by atoms with Crippen molar-refractivity contribution in [3.05, 3.63) is 255 Å². The van der Waals surface area contributed by atoms with Gasteiger partial charge in [0, 0.05) is 32.8 Å². The smallest absolute Gasteiger partial charge is 0.0541 e. The standard InChI is InChI=1S/C64H42N2/c1-3-14-43(15-4-1)45-26-28-47(29-27-45)51-18-13-19-52(42-51)65(58-23-10-7-20-53(58)48-32-30-46(31-33-48)44-16-5-2-6-17-44)61-40-36-49-35-39-57-62(41-37-50-34-38-56(61)63(49)64(50)57)66-59-24-11-8-21-54(59)55-22-9-12-25-60(55)66/h1-42H. The monoisotopic (exact) mass is 838 g/mol. The number of nitrogens with zero attached hydrogens (tertiary/aromatic N) is 2. The molecule has 13 rings (SSSR count). The first-order valence-electron chi connectivity index (χ1n) is 22.8. The molecule has 308 valence electrons. The molecule has 0 saturated heterocycles. The van der Waals surface area contributed by atoms with Gasteiger partial charge in [-0.2, -0.15) is 0 Å². The predicted molar refractivity (Wildman–Crippen MR) is 281 cm³/mol. The van der Waals surface area contributed by atoms with Crippen molar-refractivity contribution in [3.8, 4) is 50.2 Å². The quantitative estimate of drug-likeness (QED) is 0.138. The van der Waals surface area contributed by atoms with E-state index in [0.717, 1.165) is 33.8 Å². The molecule has 0 atom stereocenters. The Morgan fingerprint density at radius 1 is 0.273 bits per heavy atom. The second kappa shape index (κ2) is 15.5. The van der Waals surface area contributed by atoms with Gasteiger partial charge in [-0.15, -0.1) is 0 Å². The normalized spacial score (nSPS) is 11.6. The van der Waals surface area contributed by atoms with Gasteiger partial charge in [0.1, 0.15) is 0 Å². The summed E-state index contributed by atoms with van der Waals surface area (Å²) in [4.78, 5) is 2.49.